The fourth-order valence-electron chi connectivity index (χ4n) is 5.76. The van der Waals surface area contributed by atoms with Crippen molar-refractivity contribution < 1.29 is 23.8 Å². The summed E-state index contributed by atoms with van der Waals surface area (Å²) in [6, 6.07) is 10.5. The Kier molecular flexibility index (Phi) is 6.45. The Morgan fingerprint density at radius 1 is 1.16 bits per heavy atom. The Labute approximate surface area is 214 Å². The van der Waals surface area contributed by atoms with Gasteiger partial charge in [0.2, 0.25) is 0 Å². The number of ether oxygens (including phenoxy) is 1. The van der Waals surface area contributed by atoms with E-state index in [4.69, 9.17) is 4.74 Å². The Morgan fingerprint density at radius 3 is 2.62 bits per heavy atom. The molecule has 1 fully saturated rings. The van der Waals surface area contributed by atoms with Crippen molar-refractivity contribution in [3.63, 3.8) is 0 Å². The molecule has 2 aromatic carbocycles. The molecular formula is C27H32FN5O4. The van der Waals surface area contributed by atoms with Crippen molar-refractivity contribution in [1.82, 2.24) is 19.7 Å². The van der Waals surface area contributed by atoms with E-state index in [9.17, 15) is 19.1 Å². The molecule has 37 heavy (non-hydrogen) atoms. The molecule has 2 aliphatic heterocycles. The minimum absolute atomic E-state index is 0.228. The van der Waals surface area contributed by atoms with Gasteiger partial charge in [0.15, 0.2) is 0 Å². The second kappa shape index (κ2) is 9.59. The number of carbonyl (C=O) groups excluding carboxylic acids is 2. The molecule has 3 N–H and O–H groups in total. The van der Waals surface area contributed by atoms with Gasteiger partial charge in [-0.15, -0.1) is 0 Å². The van der Waals surface area contributed by atoms with E-state index >= 15 is 0 Å². The summed E-state index contributed by atoms with van der Waals surface area (Å²) < 4.78 is 21.1. The maximum atomic E-state index is 13.6. The van der Waals surface area contributed by atoms with Crippen LogP contribution in [0.3, 0.4) is 0 Å². The van der Waals surface area contributed by atoms with Gasteiger partial charge in [-0.2, -0.15) is 0 Å². The molecule has 9 nitrogen and oxygen atoms in total. The minimum Gasteiger partial charge on any atom is -0.497 e. The van der Waals surface area contributed by atoms with Crippen molar-refractivity contribution in [1.29, 1.82) is 0 Å². The number of urea groups is 2. The van der Waals surface area contributed by atoms with Crippen LogP contribution in [0.2, 0.25) is 0 Å². The van der Waals surface area contributed by atoms with Crippen LogP contribution in [-0.4, -0.2) is 71.4 Å². The van der Waals surface area contributed by atoms with Gasteiger partial charge in [0.1, 0.15) is 11.6 Å². The van der Waals surface area contributed by atoms with Gasteiger partial charge in [-0.25, -0.2) is 14.0 Å². The highest BCUT2D eigenvalue weighted by atomic mass is 19.1. The Bertz CT molecular complexity index is 1350. The highest BCUT2D eigenvalue weighted by molar-refractivity contribution is 5.93. The molecule has 10 heteroatoms. The number of anilines is 1. The average Bonchev–Trinajstić information content (AvgIpc) is 3.17. The van der Waals surface area contributed by atoms with Crippen LogP contribution in [0.5, 0.6) is 5.75 Å². The number of rotatable bonds is 5. The van der Waals surface area contributed by atoms with Crippen LogP contribution in [0.4, 0.5) is 19.7 Å². The van der Waals surface area contributed by atoms with Crippen LogP contribution in [0, 0.1) is 5.82 Å². The Balaban J connectivity index is 1.53. The molecule has 0 radical (unpaired) electrons. The lowest BCUT2D eigenvalue weighted by Crippen LogP contribution is -2.69. The first-order valence-corrected chi connectivity index (χ1v) is 12.5. The molecule has 196 valence electrons. The zero-order chi connectivity index (χ0) is 26.3. The van der Waals surface area contributed by atoms with E-state index in [0.29, 0.717) is 37.6 Å². The molecule has 1 atom stereocenters. The van der Waals surface area contributed by atoms with E-state index < -0.39 is 17.3 Å². The van der Waals surface area contributed by atoms with Crippen LogP contribution < -0.4 is 15.4 Å². The largest absolute Gasteiger partial charge is 0.497 e. The number of methoxy groups -OCH3 is 1. The summed E-state index contributed by atoms with van der Waals surface area (Å²) in [6.45, 7) is 3.40. The molecule has 1 aromatic heterocycles. The van der Waals surface area contributed by atoms with E-state index in [0.717, 1.165) is 28.6 Å². The highest BCUT2D eigenvalue weighted by Gasteiger charge is 2.55. The SMILES string of the molecule is CCCNC(=O)N1CC2(CN(C(=O)Nc3cccc(F)c3)C2)c2c(n(C)c3cc(OC)ccc23)[C@H]1CO. The van der Waals surface area contributed by atoms with Gasteiger partial charge in [0.05, 0.1) is 30.7 Å². The summed E-state index contributed by atoms with van der Waals surface area (Å²) in [5.41, 5.74) is 2.70. The summed E-state index contributed by atoms with van der Waals surface area (Å²) in [6.07, 6.45) is 0.793. The van der Waals surface area contributed by atoms with Crippen molar-refractivity contribution in [3.8, 4) is 5.75 Å². The van der Waals surface area contributed by atoms with Gasteiger partial charge in [-0.05, 0) is 42.3 Å². The van der Waals surface area contributed by atoms with Gasteiger partial charge in [0, 0.05) is 56.1 Å². The number of fused-ring (bicyclic) bond motifs is 4. The number of halogens is 1. The maximum absolute atomic E-state index is 13.6. The quantitative estimate of drug-likeness (QED) is 0.490. The number of hydrogen-bond acceptors (Lipinski definition) is 4. The van der Waals surface area contributed by atoms with E-state index in [-0.39, 0.29) is 18.7 Å². The molecule has 3 heterocycles. The molecular weight excluding hydrogens is 477 g/mol. The summed E-state index contributed by atoms with van der Waals surface area (Å²) in [5, 5.41) is 17.2. The topological polar surface area (TPSA) is 99.1 Å². The second-order valence-electron chi connectivity index (χ2n) is 9.84. The second-order valence-corrected chi connectivity index (χ2v) is 9.84. The minimum atomic E-state index is -0.531. The van der Waals surface area contributed by atoms with Crippen LogP contribution in [-0.2, 0) is 12.5 Å². The lowest BCUT2D eigenvalue weighted by Gasteiger charge is -2.56. The van der Waals surface area contributed by atoms with Crippen molar-refractivity contribution in [2.45, 2.75) is 24.8 Å². The van der Waals surface area contributed by atoms with Crippen molar-refractivity contribution >= 4 is 28.7 Å². The molecule has 2 aliphatic rings. The van der Waals surface area contributed by atoms with Gasteiger partial charge in [-0.3, -0.25) is 0 Å². The number of aryl methyl sites for hydroxylation is 1. The van der Waals surface area contributed by atoms with E-state index in [1.165, 1.54) is 12.1 Å². The third-order valence-electron chi connectivity index (χ3n) is 7.46. The first-order valence-electron chi connectivity index (χ1n) is 12.5. The number of nitrogens with one attached hydrogen (secondary N) is 2. The number of aliphatic hydroxyl groups is 1. The average molecular weight is 510 g/mol. The maximum Gasteiger partial charge on any atom is 0.321 e. The fraction of sp³-hybridized carbons (Fsp3) is 0.407. The zero-order valence-electron chi connectivity index (χ0n) is 21.3. The van der Waals surface area contributed by atoms with Crippen molar-refractivity contribution in [2.75, 3.05) is 45.2 Å². The first kappa shape index (κ1) is 24.9. The zero-order valence-corrected chi connectivity index (χ0v) is 21.3. The molecule has 0 unspecified atom stereocenters. The lowest BCUT2D eigenvalue weighted by atomic mass is 9.69. The normalized spacial score (nSPS) is 17.9. The fourth-order valence-corrected chi connectivity index (χ4v) is 5.76. The summed E-state index contributed by atoms with van der Waals surface area (Å²) in [7, 11) is 3.54. The molecule has 5 rings (SSSR count). The number of aromatic nitrogens is 1. The smallest absolute Gasteiger partial charge is 0.321 e. The summed E-state index contributed by atoms with van der Waals surface area (Å²) >= 11 is 0. The number of amides is 4. The van der Waals surface area contributed by atoms with Crippen LogP contribution in [0.15, 0.2) is 42.5 Å². The van der Waals surface area contributed by atoms with Gasteiger partial charge in [-0.1, -0.05) is 13.0 Å². The number of aliphatic hydroxyl groups excluding tert-OH is 1. The third kappa shape index (κ3) is 4.15. The van der Waals surface area contributed by atoms with Gasteiger partial charge in [0.25, 0.3) is 0 Å². The monoisotopic (exact) mass is 509 g/mol. The predicted octanol–water partition coefficient (Wildman–Crippen LogP) is 3.58. The van der Waals surface area contributed by atoms with E-state index in [2.05, 4.69) is 10.6 Å². The standard InChI is InChI=1S/C27H32FN5O4/c1-4-10-29-25(35)33-16-27(14-32(15-27)26(36)30-18-7-5-6-17(28)11-18)23-20-9-8-19(37-3)12-21(20)31(2)24(23)22(33)13-34/h5-9,11-12,22,34H,4,10,13-16H2,1-3H3,(H,29,35)(H,30,36)/t22-/m1/s1. The summed E-state index contributed by atoms with van der Waals surface area (Å²) in [4.78, 5) is 29.6. The molecule has 4 amide bonds. The van der Waals surface area contributed by atoms with Gasteiger partial charge >= 0.3 is 12.1 Å². The van der Waals surface area contributed by atoms with Crippen LogP contribution in [0.1, 0.15) is 30.6 Å². The van der Waals surface area contributed by atoms with Gasteiger partial charge < -0.3 is 34.8 Å². The predicted molar refractivity (Wildman–Crippen MR) is 138 cm³/mol. The van der Waals surface area contributed by atoms with Crippen molar-refractivity contribution in [3.05, 3.63) is 59.5 Å². The number of hydrogen-bond donors (Lipinski definition) is 3. The molecule has 3 aromatic rings. The first-order chi connectivity index (χ1) is 17.8. The molecule has 1 spiro atoms. The molecule has 0 bridgehead atoms. The Hall–Kier alpha value is -3.79. The Morgan fingerprint density at radius 2 is 1.95 bits per heavy atom. The van der Waals surface area contributed by atoms with Crippen LogP contribution >= 0.6 is 0 Å². The molecule has 0 saturated carbocycles. The molecule has 1 saturated heterocycles. The van der Waals surface area contributed by atoms with E-state index in [1.54, 1.807) is 29.0 Å². The summed E-state index contributed by atoms with van der Waals surface area (Å²) in [5.74, 6) is 0.284. The lowest BCUT2D eigenvalue weighted by molar-refractivity contribution is 0.0332. The number of carbonyl (C=O) groups is 2. The third-order valence-corrected chi connectivity index (χ3v) is 7.46. The highest BCUT2D eigenvalue weighted by Crippen LogP contribution is 2.49. The number of nitrogens with zero attached hydrogens (tertiary/aromatic N) is 3. The number of likely N-dealkylation sites (tertiary alicyclic amines) is 1. The molecule has 0 aliphatic carbocycles. The number of benzene rings is 2. The van der Waals surface area contributed by atoms with Crippen molar-refractivity contribution in [2.24, 2.45) is 7.05 Å². The van der Waals surface area contributed by atoms with E-state index in [1.807, 2.05) is 36.7 Å². The van der Waals surface area contributed by atoms with Crippen LogP contribution in [0.25, 0.3) is 10.9 Å².